The predicted octanol–water partition coefficient (Wildman–Crippen LogP) is 3.68. The van der Waals surface area contributed by atoms with E-state index in [1.807, 2.05) is 26.8 Å². The van der Waals surface area contributed by atoms with Gasteiger partial charge in [0.15, 0.2) is 5.65 Å². The fourth-order valence-electron chi connectivity index (χ4n) is 3.28. The van der Waals surface area contributed by atoms with Crippen LogP contribution in [-0.2, 0) is 12.0 Å². The summed E-state index contributed by atoms with van der Waals surface area (Å²) in [5.41, 5.74) is 3.35. The number of nitrogens with zero attached hydrogens (tertiary/aromatic N) is 2. The second-order valence-corrected chi connectivity index (χ2v) is 8.33. The third kappa shape index (κ3) is 4.23. The fourth-order valence-corrected chi connectivity index (χ4v) is 3.28. The quantitative estimate of drug-likeness (QED) is 0.469. The molecule has 0 spiro atoms. The highest BCUT2D eigenvalue weighted by Crippen LogP contribution is 2.26. The topological polar surface area (TPSA) is 104 Å². The summed E-state index contributed by atoms with van der Waals surface area (Å²) in [4.78, 5) is 37.7. The lowest BCUT2D eigenvalue weighted by Crippen LogP contribution is -2.24. The fraction of sp³-hybridized carbons (Fsp3) is 0.217. The van der Waals surface area contributed by atoms with Crippen molar-refractivity contribution in [1.82, 2.24) is 25.3 Å². The number of rotatable bonds is 4. The van der Waals surface area contributed by atoms with Crippen molar-refractivity contribution in [3.05, 3.63) is 81.9 Å². The van der Waals surface area contributed by atoms with Crippen molar-refractivity contribution in [2.45, 2.75) is 32.7 Å². The molecular formula is C23H22FN5O2. The molecule has 0 saturated carbocycles. The van der Waals surface area contributed by atoms with Gasteiger partial charge in [-0.2, -0.15) is 0 Å². The molecular weight excluding hydrogens is 397 g/mol. The summed E-state index contributed by atoms with van der Waals surface area (Å²) in [6.07, 6.45) is 3.08. The molecule has 0 aliphatic carbocycles. The Bertz CT molecular complexity index is 1320. The van der Waals surface area contributed by atoms with Gasteiger partial charge >= 0.3 is 5.69 Å². The number of carbonyl (C=O) groups excluding carboxylic acids is 1. The van der Waals surface area contributed by atoms with Gasteiger partial charge in [-0.15, -0.1) is 0 Å². The van der Waals surface area contributed by atoms with E-state index in [0.29, 0.717) is 33.4 Å². The van der Waals surface area contributed by atoms with Crippen LogP contribution in [0.5, 0.6) is 0 Å². The van der Waals surface area contributed by atoms with Crippen molar-refractivity contribution in [3.8, 4) is 11.1 Å². The number of nitrogens with one attached hydrogen (secondary N) is 3. The molecule has 1 aromatic carbocycles. The molecule has 3 aromatic heterocycles. The van der Waals surface area contributed by atoms with E-state index in [-0.39, 0.29) is 23.6 Å². The molecule has 3 N–H and O–H groups in total. The summed E-state index contributed by atoms with van der Waals surface area (Å²) >= 11 is 0. The van der Waals surface area contributed by atoms with E-state index in [1.54, 1.807) is 30.5 Å². The summed E-state index contributed by atoms with van der Waals surface area (Å²) in [7, 11) is 0. The number of halogens is 1. The van der Waals surface area contributed by atoms with E-state index in [9.17, 15) is 14.0 Å². The molecule has 0 unspecified atom stereocenters. The van der Waals surface area contributed by atoms with Crippen LogP contribution in [0.2, 0.25) is 0 Å². The zero-order chi connectivity index (χ0) is 22.2. The summed E-state index contributed by atoms with van der Waals surface area (Å²) in [6, 6.07) is 9.98. The molecule has 0 saturated heterocycles. The summed E-state index contributed by atoms with van der Waals surface area (Å²) in [5.74, 6) is -0.779. The number of aromatic nitrogens is 4. The Hall–Kier alpha value is -3.81. The Morgan fingerprint density at radius 3 is 2.58 bits per heavy atom. The van der Waals surface area contributed by atoms with Crippen molar-refractivity contribution < 1.29 is 9.18 Å². The number of pyridine rings is 2. The van der Waals surface area contributed by atoms with Crippen LogP contribution in [0.1, 0.15) is 42.4 Å². The van der Waals surface area contributed by atoms with Gasteiger partial charge in [0, 0.05) is 41.2 Å². The average Bonchev–Trinajstić information content (AvgIpc) is 3.12. The number of aromatic amines is 2. The second-order valence-electron chi connectivity index (χ2n) is 8.33. The highest BCUT2D eigenvalue weighted by molar-refractivity contribution is 5.94. The first kappa shape index (κ1) is 20.5. The van der Waals surface area contributed by atoms with Crippen LogP contribution >= 0.6 is 0 Å². The molecule has 31 heavy (non-hydrogen) atoms. The van der Waals surface area contributed by atoms with Gasteiger partial charge in [0.25, 0.3) is 5.91 Å². The number of hydrogen-bond acceptors (Lipinski definition) is 4. The first-order valence-corrected chi connectivity index (χ1v) is 9.83. The molecule has 4 aromatic rings. The molecule has 8 heteroatoms. The lowest BCUT2D eigenvalue weighted by Gasteiger charge is -2.17. The highest BCUT2D eigenvalue weighted by atomic mass is 19.1. The van der Waals surface area contributed by atoms with E-state index in [1.165, 1.54) is 12.3 Å². The normalized spacial score (nSPS) is 11.6. The largest absolute Gasteiger partial charge is 0.348 e. The number of H-pyrrole nitrogens is 2. The third-order valence-electron chi connectivity index (χ3n) is 5.02. The first-order valence-electron chi connectivity index (χ1n) is 9.83. The smallest absolute Gasteiger partial charge is 0.325 e. The monoisotopic (exact) mass is 419 g/mol. The Morgan fingerprint density at radius 2 is 1.90 bits per heavy atom. The molecule has 7 nitrogen and oxygen atoms in total. The van der Waals surface area contributed by atoms with E-state index in [0.717, 1.165) is 5.69 Å². The van der Waals surface area contributed by atoms with Gasteiger partial charge in [-0.05, 0) is 29.8 Å². The molecule has 3 heterocycles. The molecule has 4 rings (SSSR count). The maximum atomic E-state index is 14.7. The van der Waals surface area contributed by atoms with Crippen LogP contribution in [0, 0.1) is 5.82 Å². The number of amides is 1. The molecule has 0 aliphatic heterocycles. The minimum atomic E-state index is -0.457. The molecule has 0 aliphatic rings. The zero-order valence-electron chi connectivity index (χ0n) is 17.4. The van der Waals surface area contributed by atoms with Crippen LogP contribution in [0.4, 0.5) is 4.39 Å². The van der Waals surface area contributed by atoms with Crippen molar-refractivity contribution in [1.29, 1.82) is 0 Å². The second kappa shape index (κ2) is 7.79. The average molecular weight is 419 g/mol. The SMILES string of the molecule is CC(C)(C)c1ccc(C(=O)NCc2ccc(-c3ccnc4[nH]c(=O)[nH]c34)cc2F)cn1. The number of benzene rings is 1. The Morgan fingerprint density at radius 1 is 1.10 bits per heavy atom. The minimum Gasteiger partial charge on any atom is -0.348 e. The van der Waals surface area contributed by atoms with E-state index >= 15 is 0 Å². The lowest BCUT2D eigenvalue weighted by atomic mass is 9.91. The summed E-state index contributed by atoms with van der Waals surface area (Å²) in [6.45, 7) is 6.18. The molecule has 0 bridgehead atoms. The van der Waals surface area contributed by atoms with Crippen molar-refractivity contribution in [3.63, 3.8) is 0 Å². The van der Waals surface area contributed by atoms with Gasteiger partial charge in [-0.1, -0.05) is 32.9 Å². The van der Waals surface area contributed by atoms with Crippen LogP contribution < -0.4 is 11.0 Å². The number of imidazole rings is 1. The van der Waals surface area contributed by atoms with Crippen LogP contribution in [0.25, 0.3) is 22.3 Å². The molecule has 0 atom stereocenters. The lowest BCUT2D eigenvalue weighted by molar-refractivity contribution is 0.0950. The van der Waals surface area contributed by atoms with Crippen molar-refractivity contribution >= 4 is 17.1 Å². The molecule has 158 valence electrons. The van der Waals surface area contributed by atoms with Crippen LogP contribution in [0.15, 0.2) is 53.6 Å². The maximum absolute atomic E-state index is 14.7. The van der Waals surface area contributed by atoms with Gasteiger partial charge in [0.2, 0.25) is 0 Å². The Balaban J connectivity index is 1.50. The number of fused-ring (bicyclic) bond motifs is 1. The third-order valence-corrected chi connectivity index (χ3v) is 5.02. The van der Waals surface area contributed by atoms with Crippen LogP contribution in [0.3, 0.4) is 0 Å². The Kier molecular flexibility index (Phi) is 5.14. The molecule has 1 amide bonds. The highest BCUT2D eigenvalue weighted by Gasteiger charge is 2.16. The zero-order valence-corrected chi connectivity index (χ0v) is 17.4. The predicted molar refractivity (Wildman–Crippen MR) is 116 cm³/mol. The Labute approximate surface area is 177 Å². The van der Waals surface area contributed by atoms with Gasteiger partial charge in [-0.25, -0.2) is 14.2 Å². The van der Waals surface area contributed by atoms with Gasteiger partial charge in [0.05, 0.1) is 11.1 Å². The summed E-state index contributed by atoms with van der Waals surface area (Å²) in [5, 5.41) is 2.73. The minimum absolute atomic E-state index is 0.0404. The van der Waals surface area contributed by atoms with E-state index in [4.69, 9.17) is 0 Å². The number of carbonyl (C=O) groups is 1. The van der Waals surface area contributed by atoms with Crippen molar-refractivity contribution in [2.75, 3.05) is 0 Å². The van der Waals surface area contributed by atoms with Gasteiger partial charge in [0.1, 0.15) is 5.82 Å². The standard InChI is InChI=1S/C23H22FN5O2/c1-23(2,3)18-7-6-15(12-26-18)21(30)27-11-14-5-4-13(10-17(14)24)16-8-9-25-20-19(16)28-22(31)29-20/h4-10,12H,11H2,1-3H3,(H,27,30)(H2,25,28,29,31). The molecule has 0 fully saturated rings. The first-order chi connectivity index (χ1) is 14.7. The molecule has 0 radical (unpaired) electrons. The van der Waals surface area contributed by atoms with Crippen molar-refractivity contribution in [2.24, 2.45) is 0 Å². The van der Waals surface area contributed by atoms with E-state index in [2.05, 4.69) is 25.3 Å². The van der Waals surface area contributed by atoms with Crippen LogP contribution in [-0.4, -0.2) is 25.8 Å². The van der Waals surface area contributed by atoms with Gasteiger partial charge in [-0.3, -0.25) is 14.8 Å². The summed E-state index contributed by atoms with van der Waals surface area (Å²) < 4.78 is 14.7. The van der Waals surface area contributed by atoms with E-state index < -0.39 is 5.82 Å². The van der Waals surface area contributed by atoms with Gasteiger partial charge < -0.3 is 10.3 Å². The maximum Gasteiger partial charge on any atom is 0.325 e. The number of hydrogen-bond donors (Lipinski definition) is 3.